The van der Waals surface area contributed by atoms with E-state index in [0.717, 1.165) is 5.56 Å². The molecular formula is C17H26O3. The summed E-state index contributed by atoms with van der Waals surface area (Å²) in [7, 11) is 0. The molecule has 0 aromatic heterocycles. The number of ketones is 1. The fraction of sp³-hybridized carbons (Fsp3) is 0.588. The summed E-state index contributed by atoms with van der Waals surface area (Å²) in [6, 6.07) is 7.67. The molecule has 0 unspecified atom stereocenters. The third-order valence-corrected chi connectivity index (χ3v) is 2.80. The van der Waals surface area contributed by atoms with Crippen LogP contribution in [0.1, 0.15) is 47.1 Å². The van der Waals surface area contributed by atoms with Gasteiger partial charge in [-0.1, -0.05) is 32.9 Å². The van der Waals surface area contributed by atoms with Crippen LogP contribution < -0.4 is 4.74 Å². The minimum Gasteiger partial charge on any atom is -0.486 e. The first kappa shape index (κ1) is 16.7. The highest BCUT2D eigenvalue weighted by molar-refractivity contribution is 5.85. The average Bonchev–Trinajstić information content (AvgIpc) is 2.32. The van der Waals surface area contributed by atoms with Crippen LogP contribution in [-0.2, 0) is 16.1 Å². The molecule has 0 spiro atoms. The Balaban J connectivity index is 2.49. The lowest BCUT2D eigenvalue weighted by Gasteiger charge is -2.19. The van der Waals surface area contributed by atoms with Gasteiger partial charge in [0.15, 0.2) is 5.78 Å². The maximum Gasteiger partial charge on any atom is 0.175 e. The predicted molar refractivity (Wildman–Crippen MR) is 80.9 cm³/mol. The van der Waals surface area contributed by atoms with Gasteiger partial charge < -0.3 is 9.47 Å². The molecule has 3 heteroatoms. The van der Waals surface area contributed by atoms with Crippen LogP contribution in [0.25, 0.3) is 0 Å². The summed E-state index contributed by atoms with van der Waals surface area (Å²) in [6.07, 6.45) is 0. The molecule has 0 N–H and O–H groups in total. The Morgan fingerprint density at radius 2 is 1.55 bits per heavy atom. The monoisotopic (exact) mass is 278 g/mol. The average molecular weight is 278 g/mol. The van der Waals surface area contributed by atoms with E-state index in [1.807, 2.05) is 65.8 Å². The molecule has 0 aliphatic carbocycles. The summed E-state index contributed by atoms with van der Waals surface area (Å²) in [5.74, 6) is 0.805. The first-order valence-electron chi connectivity index (χ1n) is 6.97. The van der Waals surface area contributed by atoms with Crippen molar-refractivity contribution in [2.75, 3.05) is 6.61 Å². The van der Waals surface area contributed by atoms with Gasteiger partial charge in [0, 0.05) is 5.41 Å². The van der Waals surface area contributed by atoms with Crippen molar-refractivity contribution >= 4 is 5.78 Å². The van der Waals surface area contributed by atoms with E-state index in [1.165, 1.54) is 0 Å². The number of carbonyl (C=O) groups is 1. The molecule has 3 nitrogen and oxygen atoms in total. The normalized spacial score (nSPS) is 12.3. The number of hydrogen-bond acceptors (Lipinski definition) is 3. The van der Waals surface area contributed by atoms with E-state index < -0.39 is 0 Å². The zero-order chi connectivity index (χ0) is 15.4. The maximum absolute atomic E-state index is 11.8. The quantitative estimate of drug-likeness (QED) is 0.816. The van der Waals surface area contributed by atoms with E-state index in [1.54, 1.807) is 0 Å². The Hall–Kier alpha value is -1.35. The van der Waals surface area contributed by atoms with Crippen molar-refractivity contribution in [1.29, 1.82) is 0 Å². The van der Waals surface area contributed by atoms with Gasteiger partial charge in [0.2, 0.25) is 0 Å². The Morgan fingerprint density at radius 3 is 2.00 bits per heavy atom. The Kier molecular flexibility index (Phi) is 5.35. The van der Waals surface area contributed by atoms with Gasteiger partial charge in [-0.3, -0.25) is 4.79 Å². The number of carbonyl (C=O) groups excluding carboxylic acids is 1. The highest BCUT2D eigenvalue weighted by atomic mass is 16.5. The van der Waals surface area contributed by atoms with Gasteiger partial charge in [-0.05, 0) is 38.5 Å². The number of ether oxygens (including phenoxy) is 2. The summed E-state index contributed by atoms with van der Waals surface area (Å²) in [4.78, 5) is 11.8. The predicted octanol–water partition coefficient (Wildman–Crippen LogP) is 4.00. The van der Waals surface area contributed by atoms with E-state index in [-0.39, 0.29) is 23.4 Å². The lowest BCUT2D eigenvalue weighted by atomic mass is 9.91. The zero-order valence-corrected chi connectivity index (χ0v) is 13.4. The molecule has 1 aromatic carbocycles. The van der Waals surface area contributed by atoms with Crippen molar-refractivity contribution in [2.24, 2.45) is 5.41 Å². The largest absolute Gasteiger partial charge is 0.486 e. The van der Waals surface area contributed by atoms with Crippen LogP contribution in [-0.4, -0.2) is 18.0 Å². The Bertz CT molecular complexity index is 433. The summed E-state index contributed by atoms with van der Waals surface area (Å²) in [6.45, 7) is 12.5. The second-order valence-electron chi connectivity index (χ2n) is 7.01. The van der Waals surface area contributed by atoms with Crippen molar-refractivity contribution in [3.63, 3.8) is 0 Å². The lowest BCUT2D eigenvalue weighted by Crippen LogP contribution is -2.26. The topological polar surface area (TPSA) is 35.5 Å². The molecule has 0 aliphatic rings. The summed E-state index contributed by atoms with van der Waals surface area (Å²) < 4.78 is 11.2. The molecule has 1 rings (SSSR count). The molecule has 0 bridgehead atoms. The number of rotatable bonds is 5. The fourth-order valence-corrected chi connectivity index (χ4v) is 1.35. The van der Waals surface area contributed by atoms with Crippen molar-refractivity contribution < 1.29 is 14.3 Å². The first-order chi connectivity index (χ1) is 9.08. The second-order valence-corrected chi connectivity index (χ2v) is 7.01. The molecule has 0 aliphatic heterocycles. The van der Waals surface area contributed by atoms with Crippen LogP contribution in [0.15, 0.2) is 24.3 Å². The smallest absolute Gasteiger partial charge is 0.175 e. The SMILES string of the molecule is CC(C)(C)OCc1ccc(OCC(=O)C(C)(C)C)cc1. The van der Waals surface area contributed by atoms with E-state index >= 15 is 0 Å². The van der Waals surface area contributed by atoms with Crippen molar-refractivity contribution in [2.45, 2.75) is 53.8 Å². The van der Waals surface area contributed by atoms with Crippen LogP contribution in [0.4, 0.5) is 0 Å². The van der Waals surface area contributed by atoms with Crippen LogP contribution >= 0.6 is 0 Å². The molecule has 0 saturated heterocycles. The molecule has 20 heavy (non-hydrogen) atoms. The third-order valence-electron chi connectivity index (χ3n) is 2.80. The summed E-state index contributed by atoms with van der Waals surface area (Å²) in [5.41, 5.74) is 0.587. The molecular weight excluding hydrogens is 252 g/mol. The fourth-order valence-electron chi connectivity index (χ4n) is 1.35. The first-order valence-corrected chi connectivity index (χ1v) is 6.97. The van der Waals surface area contributed by atoms with Gasteiger partial charge in [-0.2, -0.15) is 0 Å². The van der Waals surface area contributed by atoms with Crippen molar-refractivity contribution in [3.05, 3.63) is 29.8 Å². The molecule has 0 radical (unpaired) electrons. The number of Topliss-reactive ketones (excluding diaryl/α,β-unsaturated/α-hetero) is 1. The number of hydrogen-bond donors (Lipinski definition) is 0. The highest BCUT2D eigenvalue weighted by Crippen LogP contribution is 2.18. The van der Waals surface area contributed by atoms with Gasteiger partial charge in [0.1, 0.15) is 12.4 Å². The van der Waals surface area contributed by atoms with Gasteiger partial charge >= 0.3 is 0 Å². The van der Waals surface area contributed by atoms with Crippen LogP contribution in [0, 0.1) is 5.41 Å². The number of benzene rings is 1. The van der Waals surface area contributed by atoms with E-state index in [2.05, 4.69) is 0 Å². The highest BCUT2D eigenvalue weighted by Gasteiger charge is 2.21. The lowest BCUT2D eigenvalue weighted by molar-refractivity contribution is -0.128. The van der Waals surface area contributed by atoms with Gasteiger partial charge in [0.25, 0.3) is 0 Å². The minimum absolute atomic E-state index is 0.0950. The third kappa shape index (κ3) is 6.20. The molecule has 1 aromatic rings. The molecule has 112 valence electrons. The summed E-state index contributed by atoms with van der Waals surface area (Å²) >= 11 is 0. The van der Waals surface area contributed by atoms with Gasteiger partial charge in [-0.15, -0.1) is 0 Å². The van der Waals surface area contributed by atoms with Crippen LogP contribution in [0.2, 0.25) is 0 Å². The van der Waals surface area contributed by atoms with E-state index in [0.29, 0.717) is 12.4 Å². The molecule has 0 amide bonds. The van der Waals surface area contributed by atoms with Gasteiger partial charge in [-0.25, -0.2) is 0 Å². The molecule has 0 heterocycles. The Labute approximate surface area is 122 Å². The molecule has 0 fully saturated rings. The summed E-state index contributed by atoms with van der Waals surface area (Å²) in [5, 5.41) is 0. The van der Waals surface area contributed by atoms with E-state index in [9.17, 15) is 4.79 Å². The second kappa shape index (κ2) is 6.40. The van der Waals surface area contributed by atoms with Gasteiger partial charge in [0.05, 0.1) is 12.2 Å². The van der Waals surface area contributed by atoms with E-state index in [4.69, 9.17) is 9.47 Å². The minimum atomic E-state index is -0.361. The standard InChI is InChI=1S/C17H26O3/c1-16(2,3)15(18)12-19-14-9-7-13(8-10-14)11-20-17(4,5)6/h7-10H,11-12H2,1-6H3. The zero-order valence-electron chi connectivity index (χ0n) is 13.4. The maximum atomic E-state index is 11.8. The van der Waals surface area contributed by atoms with Crippen molar-refractivity contribution in [3.8, 4) is 5.75 Å². The molecule has 0 saturated carbocycles. The Morgan fingerprint density at radius 1 is 1.00 bits per heavy atom. The molecule has 0 atom stereocenters. The van der Waals surface area contributed by atoms with Crippen LogP contribution in [0.3, 0.4) is 0 Å². The van der Waals surface area contributed by atoms with Crippen molar-refractivity contribution in [1.82, 2.24) is 0 Å². The van der Waals surface area contributed by atoms with Crippen LogP contribution in [0.5, 0.6) is 5.75 Å².